The van der Waals surface area contributed by atoms with E-state index in [4.69, 9.17) is 0 Å². The van der Waals surface area contributed by atoms with Gasteiger partial charge in [-0.25, -0.2) is 15.0 Å². The minimum Gasteiger partial charge on any atom is -0.337 e. The monoisotopic (exact) mass is 383 g/mol. The van der Waals surface area contributed by atoms with Gasteiger partial charge in [0.1, 0.15) is 5.69 Å². The molecule has 0 aliphatic carbocycles. The predicted molar refractivity (Wildman–Crippen MR) is 112 cm³/mol. The van der Waals surface area contributed by atoms with Gasteiger partial charge in [-0.15, -0.1) is 0 Å². The Morgan fingerprint density at radius 2 is 1.66 bits per heavy atom. The van der Waals surface area contributed by atoms with E-state index < -0.39 is 0 Å². The summed E-state index contributed by atoms with van der Waals surface area (Å²) < 4.78 is 0. The number of aryl methyl sites for hydroxylation is 1. The van der Waals surface area contributed by atoms with Crippen molar-refractivity contribution in [3.63, 3.8) is 0 Å². The fraction of sp³-hybridized carbons (Fsp3) is 0.217. The van der Waals surface area contributed by atoms with Gasteiger partial charge in [0.05, 0.1) is 0 Å². The first-order valence-electron chi connectivity index (χ1n) is 9.56. The first-order chi connectivity index (χ1) is 14.2. The van der Waals surface area contributed by atoms with Crippen LogP contribution in [0.25, 0.3) is 0 Å². The summed E-state index contributed by atoms with van der Waals surface area (Å²) in [4.78, 5) is 29.8. The fourth-order valence-corrected chi connectivity index (χ4v) is 3.20. The van der Waals surface area contributed by atoms with Gasteiger partial charge in [0.25, 0.3) is 5.91 Å². The highest BCUT2D eigenvalue weighted by Crippen LogP contribution is 2.15. The normalized spacial score (nSPS) is 13.6. The Balaban J connectivity index is 1.46. The molecule has 0 atom stereocenters. The molecule has 0 unspecified atom stereocenters. The highest BCUT2D eigenvalue weighted by Gasteiger charge is 2.23. The predicted octanol–water partition coefficient (Wildman–Crippen LogP) is 2.54. The number of aromatic nitrogens is 3. The second-order valence-electron chi connectivity index (χ2n) is 6.82. The van der Waals surface area contributed by atoms with Gasteiger partial charge in [0.15, 0.2) is 0 Å². The SMILES string of the molecule is Cc1ccc(C(=O)N2CCN(c3ncccn3)CC2)cc1C#Cc1ccccn1. The van der Waals surface area contributed by atoms with Crippen LogP contribution in [0.5, 0.6) is 0 Å². The number of carbonyl (C=O) groups is 1. The Morgan fingerprint density at radius 1 is 0.897 bits per heavy atom. The van der Waals surface area contributed by atoms with Gasteiger partial charge >= 0.3 is 0 Å². The first kappa shape index (κ1) is 18.6. The van der Waals surface area contributed by atoms with Crippen LogP contribution in [-0.4, -0.2) is 51.9 Å². The van der Waals surface area contributed by atoms with Gasteiger partial charge in [0.2, 0.25) is 5.95 Å². The van der Waals surface area contributed by atoms with Crippen LogP contribution in [-0.2, 0) is 0 Å². The molecule has 0 saturated carbocycles. The van der Waals surface area contributed by atoms with Crippen LogP contribution in [0.1, 0.15) is 27.2 Å². The van der Waals surface area contributed by atoms with Crippen molar-refractivity contribution in [2.45, 2.75) is 6.92 Å². The number of benzene rings is 1. The number of anilines is 1. The van der Waals surface area contributed by atoms with Gasteiger partial charge in [-0.2, -0.15) is 0 Å². The molecular formula is C23H21N5O. The van der Waals surface area contributed by atoms with E-state index in [0.29, 0.717) is 43.4 Å². The lowest BCUT2D eigenvalue weighted by Gasteiger charge is -2.34. The van der Waals surface area contributed by atoms with Crippen LogP contribution in [0, 0.1) is 18.8 Å². The summed E-state index contributed by atoms with van der Waals surface area (Å²) in [5.41, 5.74) is 3.25. The Bertz CT molecular complexity index is 1050. The summed E-state index contributed by atoms with van der Waals surface area (Å²) in [5.74, 6) is 6.95. The van der Waals surface area contributed by atoms with E-state index in [2.05, 4.69) is 31.7 Å². The minimum atomic E-state index is 0.0273. The molecule has 3 heterocycles. The highest BCUT2D eigenvalue weighted by molar-refractivity contribution is 5.95. The van der Waals surface area contributed by atoms with Crippen molar-refractivity contribution >= 4 is 11.9 Å². The number of carbonyl (C=O) groups excluding carboxylic acids is 1. The number of piperazine rings is 1. The molecule has 1 fully saturated rings. The van der Waals surface area contributed by atoms with Crippen molar-refractivity contribution in [3.05, 3.63) is 83.4 Å². The maximum absolute atomic E-state index is 13.0. The van der Waals surface area contributed by atoms with E-state index in [-0.39, 0.29) is 5.91 Å². The molecule has 2 aromatic heterocycles. The van der Waals surface area contributed by atoms with Gasteiger partial charge in [-0.05, 0) is 48.7 Å². The lowest BCUT2D eigenvalue weighted by molar-refractivity contribution is 0.0746. The van der Waals surface area contributed by atoms with Crippen molar-refractivity contribution in [1.29, 1.82) is 0 Å². The largest absolute Gasteiger partial charge is 0.337 e. The number of amides is 1. The molecule has 0 N–H and O–H groups in total. The van der Waals surface area contributed by atoms with Crippen LogP contribution >= 0.6 is 0 Å². The minimum absolute atomic E-state index is 0.0273. The van der Waals surface area contributed by atoms with E-state index in [1.54, 1.807) is 24.7 Å². The third-order valence-corrected chi connectivity index (χ3v) is 4.88. The smallest absolute Gasteiger partial charge is 0.254 e. The number of nitrogens with zero attached hydrogens (tertiary/aromatic N) is 5. The average Bonchev–Trinajstić information content (AvgIpc) is 2.79. The van der Waals surface area contributed by atoms with Crippen LogP contribution in [0.2, 0.25) is 0 Å². The van der Waals surface area contributed by atoms with Crippen molar-refractivity contribution in [2.24, 2.45) is 0 Å². The first-order valence-corrected chi connectivity index (χ1v) is 9.56. The highest BCUT2D eigenvalue weighted by atomic mass is 16.2. The standard InChI is InChI=1S/C23H21N5O/c1-18-6-7-20(17-19(18)8-9-21-5-2-3-10-24-21)22(29)27-13-15-28(16-14-27)23-25-11-4-12-26-23/h2-7,10-12,17H,13-16H2,1H3. The maximum Gasteiger partial charge on any atom is 0.254 e. The summed E-state index contributed by atoms with van der Waals surface area (Å²) in [5, 5.41) is 0. The number of pyridine rings is 1. The molecule has 6 heteroatoms. The van der Waals surface area contributed by atoms with E-state index in [9.17, 15) is 4.79 Å². The Morgan fingerprint density at radius 3 is 2.38 bits per heavy atom. The number of rotatable bonds is 2. The van der Waals surface area contributed by atoms with Gasteiger partial charge in [-0.1, -0.05) is 18.1 Å². The summed E-state index contributed by atoms with van der Waals surface area (Å²) in [6.07, 6.45) is 5.19. The van der Waals surface area contributed by atoms with Crippen molar-refractivity contribution < 1.29 is 4.79 Å². The zero-order valence-corrected chi connectivity index (χ0v) is 16.2. The van der Waals surface area contributed by atoms with Crippen molar-refractivity contribution in [2.75, 3.05) is 31.1 Å². The number of hydrogen-bond acceptors (Lipinski definition) is 5. The average molecular weight is 383 g/mol. The Kier molecular flexibility index (Phi) is 5.48. The molecule has 0 radical (unpaired) electrons. The molecule has 1 amide bonds. The molecule has 0 spiro atoms. The van der Waals surface area contributed by atoms with E-state index >= 15 is 0 Å². The lowest BCUT2D eigenvalue weighted by atomic mass is 10.0. The Labute approximate surface area is 170 Å². The molecule has 0 bridgehead atoms. The maximum atomic E-state index is 13.0. The zero-order chi connectivity index (χ0) is 20.1. The van der Waals surface area contributed by atoms with Crippen LogP contribution in [0.3, 0.4) is 0 Å². The van der Waals surface area contributed by atoms with Gasteiger partial charge in [-0.3, -0.25) is 4.79 Å². The molecule has 4 rings (SSSR count). The third kappa shape index (κ3) is 4.41. The molecule has 1 aliphatic rings. The van der Waals surface area contributed by atoms with Crippen LogP contribution in [0.4, 0.5) is 5.95 Å². The molecule has 1 aromatic carbocycles. The zero-order valence-electron chi connectivity index (χ0n) is 16.2. The number of hydrogen-bond donors (Lipinski definition) is 0. The quantitative estimate of drug-likeness (QED) is 0.637. The lowest BCUT2D eigenvalue weighted by Crippen LogP contribution is -2.49. The molecule has 6 nitrogen and oxygen atoms in total. The summed E-state index contributed by atoms with van der Waals surface area (Å²) >= 11 is 0. The van der Waals surface area contributed by atoms with E-state index in [0.717, 1.165) is 11.1 Å². The Hall–Kier alpha value is -3.72. The van der Waals surface area contributed by atoms with Crippen LogP contribution in [0.15, 0.2) is 61.1 Å². The third-order valence-electron chi connectivity index (χ3n) is 4.88. The van der Waals surface area contributed by atoms with Gasteiger partial charge in [0, 0.05) is 55.9 Å². The molecule has 3 aromatic rings. The molecule has 1 aliphatic heterocycles. The fourth-order valence-electron chi connectivity index (χ4n) is 3.20. The summed E-state index contributed by atoms with van der Waals surface area (Å²) in [7, 11) is 0. The van der Waals surface area contributed by atoms with Crippen LogP contribution < -0.4 is 4.90 Å². The molecular weight excluding hydrogens is 362 g/mol. The molecule has 1 saturated heterocycles. The van der Waals surface area contributed by atoms with Crippen molar-refractivity contribution in [3.8, 4) is 11.8 Å². The second kappa shape index (κ2) is 8.53. The summed E-state index contributed by atoms with van der Waals surface area (Å²) in [6.45, 7) is 4.71. The summed E-state index contributed by atoms with van der Waals surface area (Å²) in [6, 6.07) is 13.1. The second-order valence-corrected chi connectivity index (χ2v) is 6.82. The van der Waals surface area contributed by atoms with E-state index in [1.807, 2.05) is 48.2 Å². The van der Waals surface area contributed by atoms with Crippen molar-refractivity contribution in [1.82, 2.24) is 19.9 Å². The molecule has 144 valence electrons. The van der Waals surface area contributed by atoms with E-state index in [1.165, 1.54) is 0 Å². The topological polar surface area (TPSA) is 62.2 Å². The van der Waals surface area contributed by atoms with Gasteiger partial charge < -0.3 is 9.80 Å². The molecule has 29 heavy (non-hydrogen) atoms.